The van der Waals surface area contributed by atoms with Gasteiger partial charge in [-0.05, 0) is 55.5 Å². The summed E-state index contributed by atoms with van der Waals surface area (Å²) in [5.41, 5.74) is 2.89. The molecule has 0 spiro atoms. The lowest BCUT2D eigenvalue weighted by Gasteiger charge is -2.20. The summed E-state index contributed by atoms with van der Waals surface area (Å²) in [5.74, 6) is 0.391. The highest BCUT2D eigenvalue weighted by Gasteiger charge is 2.19. The molecule has 0 bridgehead atoms. The largest absolute Gasteiger partial charge is 0.361 e. The summed E-state index contributed by atoms with van der Waals surface area (Å²) in [4.78, 5) is 26.4. The summed E-state index contributed by atoms with van der Waals surface area (Å²) in [5, 5.41) is 6.66. The van der Waals surface area contributed by atoms with E-state index in [0.717, 1.165) is 17.7 Å². The van der Waals surface area contributed by atoms with Crippen LogP contribution in [0.25, 0.3) is 23.2 Å². The van der Waals surface area contributed by atoms with E-state index in [2.05, 4.69) is 35.3 Å². The van der Waals surface area contributed by atoms with Crippen LogP contribution in [0.15, 0.2) is 54.9 Å². The zero-order valence-electron chi connectivity index (χ0n) is 25.5. The van der Waals surface area contributed by atoms with E-state index in [1.54, 1.807) is 56.6 Å². The molecule has 0 radical (unpaired) electrons. The number of rotatable bonds is 13. The second-order valence-electron chi connectivity index (χ2n) is 11.2. The molecule has 4 rings (SSSR count). The van der Waals surface area contributed by atoms with Gasteiger partial charge >= 0.3 is 0 Å². The molecule has 0 saturated heterocycles. The number of carbonyl (C=O) groups is 1. The van der Waals surface area contributed by atoms with E-state index in [1.807, 2.05) is 29.0 Å². The number of benzene rings is 1. The molecule has 4 aromatic rings. The zero-order valence-corrected chi connectivity index (χ0v) is 27.3. The first-order valence-corrected chi connectivity index (χ1v) is 19.6. The predicted octanol–water partition coefficient (Wildman–Crippen LogP) is 5.20. The molecule has 0 aliphatic carbocycles. The minimum atomic E-state index is -3.53. The third-order valence-corrected chi connectivity index (χ3v) is 9.62. The quantitative estimate of drug-likeness (QED) is 0.154. The first-order valence-electron chi connectivity index (χ1n) is 14.0. The van der Waals surface area contributed by atoms with E-state index in [4.69, 9.17) is 14.7 Å². The Bertz CT molecular complexity index is 1730. The Morgan fingerprint density at radius 2 is 1.86 bits per heavy atom. The molecule has 1 aromatic carbocycles. The number of carbonyl (C=O) groups excluding carboxylic acids is 1. The number of amides is 1. The third kappa shape index (κ3) is 8.06. The van der Waals surface area contributed by atoms with Crippen LogP contribution < -0.4 is 14.9 Å². The summed E-state index contributed by atoms with van der Waals surface area (Å²) < 4.78 is 34.1. The van der Waals surface area contributed by atoms with E-state index < -0.39 is 18.1 Å². The van der Waals surface area contributed by atoms with Crippen LogP contribution in [0.3, 0.4) is 0 Å². The lowest BCUT2D eigenvalue weighted by Crippen LogP contribution is -2.30. The Labute approximate surface area is 254 Å². The highest BCUT2D eigenvalue weighted by molar-refractivity contribution is 7.92. The first-order chi connectivity index (χ1) is 20.4. The molecule has 0 atom stereocenters. The highest BCUT2D eigenvalue weighted by atomic mass is 32.2. The Kier molecular flexibility index (Phi) is 9.99. The van der Waals surface area contributed by atoms with Crippen molar-refractivity contribution in [3.05, 3.63) is 71.7 Å². The number of hydrogen-bond acceptors (Lipinski definition) is 8. The van der Waals surface area contributed by atoms with Gasteiger partial charge in [0.1, 0.15) is 18.2 Å². The molecule has 1 amide bonds. The highest BCUT2D eigenvalue weighted by Crippen LogP contribution is 2.27. The van der Waals surface area contributed by atoms with Crippen molar-refractivity contribution in [2.45, 2.75) is 39.3 Å². The van der Waals surface area contributed by atoms with Crippen LogP contribution in [-0.2, 0) is 21.5 Å². The maximum atomic E-state index is 12.5. The van der Waals surface area contributed by atoms with Crippen molar-refractivity contribution in [3.8, 4) is 0 Å². The van der Waals surface area contributed by atoms with E-state index in [-0.39, 0.29) is 12.5 Å². The Hall–Kier alpha value is -4.07. The molecule has 0 aliphatic rings. The zero-order chi connectivity index (χ0) is 31.2. The SMILES string of the molecule is CCN(c1ncccc1C=Cc1nc(Nc2ccccc2C(=O)NC)nc2c1ccn2COCC[Si](C)(C)C)S(C)(=O)=O. The summed E-state index contributed by atoms with van der Waals surface area (Å²) in [6.45, 7) is 9.93. The molecular weight excluding hydrogens is 583 g/mol. The lowest BCUT2D eigenvalue weighted by molar-refractivity contribution is 0.0899. The Balaban J connectivity index is 1.77. The van der Waals surface area contributed by atoms with Crippen LogP contribution in [-0.4, -0.2) is 68.4 Å². The number of para-hydroxylation sites is 1. The molecule has 3 aromatic heterocycles. The number of nitrogens with zero attached hydrogens (tertiary/aromatic N) is 5. The van der Waals surface area contributed by atoms with Gasteiger partial charge < -0.3 is 19.9 Å². The lowest BCUT2D eigenvalue weighted by atomic mass is 10.1. The number of aromatic nitrogens is 4. The van der Waals surface area contributed by atoms with Crippen LogP contribution in [0.4, 0.5) is 17.5 Å². The first kappa shape index (κ1) is 31.9. The number of nitrogens with one attached hydrogen (secondary N) is 2. The van der Waals surface area contributed by atoms with Crippen molar-refractivity contribution in [1.82, 2.24) is 24.8 Å². The smallest absolute Gasteiger partial charge is 0.253 e. The summed E-state index contributed by atoms with van der Waals surface area (Å²) in [6.07, 6.45) is 8.24. The Morgan fingerprint density at radius 1 is 1.09 bits per heavy atom. The van der Waals surface area contributed by atoms with Gasteiger partial charge in [0, 0.05) is 51.6 Å². The molecule has 11 nitrogen and oxygen atoms in total. The standard InChI is InChI=1S/C30H39N7O4SSi/c1-7-37(42(3,39)40)27-22(11-10-17-32-27)14-15-26-23-16-18-36(21-41-19-20-43(4,5)6)28(23)35-30(34-26)33-25-13-9-8-12-24(25)29(38)31-2/h8-18H,7,19-21H2,1-6H3,(H,31,38)(H,33,34,35). The number of sulfonamides is 1. The van der Waals surface area contributed by atoms with Crippen LogP contribution in [0.1, 0.15) is 28.5 Å². The predicted molar refractivity (Wildman–Crippen MR) is 176 cm³/mol. The summed E-state index contributed by atoms with van der Waals surface area (Å²) >= 11 is 0. The normalized spacial score (nSPS) is 12.1. The fourth-order valence-corrected chi connectivity index (χ4v) is 6.11. The average molecular weight is 622 g/mol. The molecule has 3 heterocycles. The minimum absolute atomic E-state index is 0.237. The molecule has 0 fully saturated rings. The van der Waals surface area contributed by atoms with Crippen molar-refractivity contribution in [1.29, 1.82) is 0 Å². The van der Waals surface area contributed by atoms with Crippen molar-refractivity contribution in [2.75, 3.05) is 36.1 Å². The van der Waals surface area contributed by atoms with E-state index in [0.29, 0.717) is 53.3 Å². The minimum Gasteiger partial charge on any atom is -0.361 e. The fraction of sp³-hybridized carbons (Fsp3) is 0.333. The molecule has 0 saturated carbocycles. The van der Waals surface area contributed by atoms with Gasteiger partial charge in [-0.25, -0.2) is 18.4 Å². The van der Waals surface area contributed by atoms with Crippen LogP contribution >= 0.6 is 0 Å². The van der Waals surface area contributed by atoms with Gasteiger partial charge in [-0.3, -0.25) is 9.10 Å². The molecule has 43 heavy (non-hydrogen) atoms. The molecule has 13 heteroatoms. The van der Waals surface area contributed by atoms with E-state index in [9.17, 15) is 13.2 Å². The van der Waals surface area contributed by atoms with E-state index in [1.165, 1.54) is 4.31 Å². The van der Waals surface area contributed by atoms with E-state index >= 15 is 0 Å². The van der Waals surface area contributed by atoms with Crippen molar-refractivity contribution >= 4 is 64.6 Å². The number of pyridine rings is 1. The van der Waals surface area contributed by atoms with Crippen LogP contribution in [0.2, 0.25) is 25.7 Å². The van der Waals surface area contributed by atoms with Gasteiger partial charge in [-0.15, -0.1) is 0 Å². The van der Waals surface area contributed by atoms with Crippen molar-refractivity contribution < 1.29 is 17.9 Å². The van der Waals surface area contributed by atoms with Gasteiger partial charge in [0.15, 0.2) is 0 Å². The monoisotopic (exact) mass is 621 g/mol. The molecular formula is C30H39N7O4SSi. The number of hydrogen-bond donors (Lipinski definition) is 2. The summed E-state index contributed by atoms with van der Waals surface area (Å²) in [7, 11) is -3.19. The maximum Gasteiger partial charge on any atom is 0.253 e. The van der Waals surface area contributed by atoms with Gasteiger partial charge in [-0.1, -0.05) is 31.8 Å². The maximum absolute atomic E-state index is 12.5. The average Bonchev–Trinajstić information content (AvgIpc) is 3.36. The molecule has 228 valence electrons. The molecule has 0 unspecified atom stereocenters. The third-order valence-electron chi connectivity index (χ3n) is 6.68. The Morgan fingerprint density at radius 3 is 2.56 bits per heavy atom. The van der Waals surface area contributed by atoms with Crippen molar-refractivity contribution in [3.63, 3.8) is 0 Å². The van der Waals surface area contributed by atoms with Crippen LogP contribution in [0, 0.1) is 0 Å². The molecule has 2 N–H and O–H groups in total. The second-order valence-corrected chi connectivity index (χ2v) is 18.8. The topological polar surface area (TPSA) is 131 Å². The van der Waals surface area contributed by atoms with Crippen molar-refractivity contribution in [2.24, 2.45) is 0 Å². The number of fused-ring (bicyclic) bond motifs is 1. The van der Waals surface area contributed by atoms with Gasteiger partial charge in [-0.2, -0.15) is 4.98 Å². The fourth-order valence-electron chi connectivity index (χ4n) is 4.42. The van der Waals surface area contributed by atoms with Gasteiger partial charge in [0.2, 0.25) is 16.0 Å². The number of ether oxygens (including phenoxy) is 1. The second kappa shape index (κ2) is 13.5. The van der Waals surface area contributed by atoms with Gasteiger partial charge in [0.25, 0.3) is 5.91 Å². The summed E-state index contributed by atoms with van der Waals surface area (Å²) in [6, 6.07) is 13.7. The molecule has 0 aliphatic heterocycles. The van der Waals surface area contributed by atoms with Crippen LogP contribution in [0.5, 0.6) is 0 Å². The number of anilines is 3. The van der Waals surface area contributed by atoms with Gasteiger partial charge in [0.05, 0.1) is 23.2 Å².